The fourth-order valence-electron chi connectivity index (χ4n) is 3.78. The zero-order valence-corrected chi connectivity index (χ0v) is 14.0. The van der Waals surface area contributed by atoms with Gasteiger partial charge in [0.05, 0.1) is 18.1 Å². The van der Waals surface area contributed by atoms with Crippen molar-refractivity contribution in [2.75, 3.05) is 19.6 Å². The van der Waals surface area contributed by atoms with Crippen LogP contribution in [-0.2, 0) is 9.59 Å². The highest BCUT2D eigenvalue weighted by molar-refractivity contribution is 8.03. The van der Waals surface area contributed by atoms with Gasteiger partial charge in [-0.2, -0.15) is 0 Å². The van der Waals surface area contributed by atoms with Gasteiger partial charge >= 0.3 is 5.97 Å². The van der Waals surface area contributed by atoms with Crippen LogP contribution >= 0.6 is 11.8 Å². The largest absolute Gasteiger partial charge is 0.477 e. The Balaban J connectivity index is 1.73. The molecule has 3 aliphatic heterocycles. The highest BCUT2D eigenvalue weighted by atomic mass is 32.2. The predicted molar refractivity (Wildman–Crippen MR) is 87.7 cm³/mol. The Labute approximate surface area is 139 Å². The average Bonchev–Trinajstić information content (AvgIpc) is 3.02. The summed E-state index contributed by atoms with van der Waals surface area (Å²) in [5.74, 6) is -1.78. The molecule has 7 heteroatoms. The number of hydrogen-bond donors (Lipinski definition) is 2. The average molecular weight is 338 g/mol. The van der Waals surface area contributed by atoms with E-state index in [0.717, 1.165) is 31.0 Å². The van der Waals surface area contributed by atoms with Crippen LogP contribution in [0.1, 0.15) is 19.8 Å². The van der Waals surface area contributed by atoms with Gasteiger partial charge in [0.15, 0.2) is 0 Å². The number of amides is 1. The molecule has 3 heterocycles. The Morgan fingerprint density at radius 3 is 2.91 bits per heavy atom. The topological polar surface area (TPSA) is 81.1 Å². The lowest BCUT2D eigenvalue weighted by atomic mass is 9.83. The monoisotopic (exact) mass is 338 g/mol. The van der Waals surface area contributed by atoms with Crippen molar-refractivity contribution in [2.45, 2.75) is 37.2 Å². The molecular formula is C16H22N2O4S. The molecule has 3 aliphatic rings. The van der Waals surface area contributed by atoms with Crippen molar-refractivity contribution < 1.29 is 19.8 Å². The SMILES string of the molecule is C=CCN1CCC(SC2=C(C(=O)O)N3C(=O)[C@@H](C(C)O)[C@H]3C2)C1. The van der Waals surface area contributed by atoms with Crippen LogP contribution in [0.25, 0.3) is 0 Å². The van der Waals surface area contributed by atoms with Gasteiger partial charge in [0.25, 0.3) is 0 Å². The normalized spacial score (nSPS) is 32.0. The molecule has 1 amide bonds. The summed E-state index contributed by atoms with van der Waals surface area (Å²) in [4.78, 5) is 28.2. The lowest BCUT2D eigenvalue weighted by Crippen LogP contribution is -2.61. The highest BCUT2D eigenvalue weighted by Gasteiger charge is 2.57. The predicted octanol–water partition coefficient (Wildman–Crippen LogP) is 0.888. The first-order valence-corrected chi connectivity index (χ1v) is 8.79. The number of nitrogens with zero attached hydrogens (tertiary/aromatic N) is 2. The van der Waals surface area contributed by atoms with Crippen LogP contribution in [-0.4, -0.2) is 68.9 Å². The third-order valence-electron chi connectivity index (χ3n) is 4.82. The number of aliphatic hydroxyl groups is 1. The lowest BCUT2D eigenvalue weighted by molar-refractivity contribution is -0.161. The summed E-state index contributed by atoms with van der Waals surface area (Å²) in [7, 11) is 0. The van der Waals surface area contributed by atoms with Crippen LogP contribution in [0.3, 0.4) is 0 Å². The zero-order valence-electron chi connectivity index (χ0n) is 13.1. The summed E-state index contributed by atoms with van der Waals surface area (Å²) in [5.41, 5.74) is 0.129. The summed E-state index contributed by atoms with van der Waals surface area (Å²) < 4.78 is 0. The fourth-order valence-corrected chi connectivity index (χ4v) is 5.25. The molecule has 0 bridgehead atoms. The minimum Gasteiger partial charge on any atom is -0.477 e. The van der Waals surface area contributed by atoms with E-state index in [0.29, 0.717) is 11.7 Å². The number of aliphatic carboxylic acids is 1. The van der Waals surface area contributed by atoms with Crippen LogP contribution in [0.2, 0.25) is 0 Å². The van der Waals surface area contributed by atoms with E-state index in [-0.39, 0.29) is 17.6 Å². The lowest BCUT2D eigenvalue weighted by Gasteiger charge is -2.44. The van der Waals surface area contributed by atoms with Gasteiger partial charge in [-0.3, -0.25) is 9.69 Å². The number of hydrogen-bond acceptors (Lipinski definition) is 5. The van der Waals surface area contributed by atoms with Gasteiger partial charge in [-0.15, -0.1) is 18.3 Å². The Morgan fingerprint density at radius 1 is 1.57 bits per heavy atom. The minimum absolute atomic E-state index is 0.129. The highest BCUT2D eigenvalue weighted by Crippen LogP contribution is 2.48. The van der Waals surface area contributed by atoms with Crippen molar-refractivity contribution >= 4 is 23.6 Å². The Bertz CT molecular complexity index is 574. The number of aliphatic hydroxyl groups excluding tert-OH is 1. The van der Waals surface area contributed by atoms with E-state index in [9.17, 15) is 19.8 Å². The summed E-state index contributed by atoms with van der Waals surface area (Å²) >= 11 is 1.59. The number of carbonyl (C=O) groups excluding carboxylic acids is 1. The Morgan fingerprint density at radius 2 is 2.30 bits per heavy atom. The molecular weight excluding hydrogens is 316 g/mol. The second-order valence-electron chi connectivity index (χ2n) is 6.40. The number of β-lactam (4-membered cyclic amide) rings is 1. The summed E-state index contributed by atoms with van der Waals surface area (Å²) in [5, 5.41) is 19.6. The smallest absolute Gasteiger partial charge is 0.353 e. The molecule has 0 aromatic rings. The molecule has 0 aromatic heterocycles. The summed E-state index contributed by atoms with van der Waals surface area (Å²) in [6, 6.07) is -0.193. The number of thioether (sulfide) groups is 1. The molecule has 0 aliphatic carbocycles. The molecule has 126 valence electrons. The number of fused-ring (bicyclic) bond motifs is 1. The van der Waals surface area contributed by atoms with Gasteiger partial charge in [-0.25, -0.2) is 4.79 Å². The van der Waals surface area contributed by atoms with E-state index in [1.165, 1.54) is 4.90 Å². The van der Waals surface area contributed by atoms with Gasteiger partial charge in [-0.05, 0) is 19.9 Å². The van der Waals surface area contributed by atoms with Crippen molar-refractivity contribution in [2.24, 2.45) is 5.92 Å². The third kappa shape index (κ3) is 2.81. The maximum absolute atomic E-state index is 12.2. The fraction of sp³-hybridized carbons (Fsp3) is 0.625. The number of likely N-dealkylation sites (tertiary alicyclic amines) is 1. The van der Waals surface area contributed by atoms with Gasteiger partial charge in [0.1, 0.15) is 5.70 Å². The molecule has 6 nitrogen and oxygen atoms in total. The van der Waals surface area contributed by atoms with Crippen LogP contribution in [0.5, 0.6) is 0 Å². The number of rotatable bonds is 6. The molecule has 0 saturated carbocycles. The first kappa shape index (κ1) is 16.5. The van der Waals surface area contributed by atoms with Crippen molar-refractivity contribution in [3.05, 3.63) is 23.3 Å². The molecule has 4 atom stereocenters. The van der Waals surface area contributed by atoms with Crippen molar-refractivity contribution in [3.63, 3.8) is 0 Å². The van der Waals surface area contributed by atoms with Crippen LogP contribution < -0.4 is 0 Å². The van der Waals surface area contributed by atoms with Crippen LogP contribution in [0.15, 0.2) is 23.3 Å². The van der Waals surface area contributed by atoms with E-state index in [4.69, 9.17) is 0 Å². The number of carboxylic acids is 1. The molecule has 3 rings (SSSR count). The van der Waals surface area contributed by atoms with E-state index >= 15 is 0 Å². The molecule has 0 spiro atoms. The molecule has 2 unspecified atom stereocenters. The molecule has 2 fully saturated rings. The van der Waals surface area contributed by atoms with Gasteiger partial charge in [0, 0.05) is 29.7 Å². The first-order chi connectivity index (χ1) is 10.9. The van der Waals surface area contributed by atoms with E-state index in [2.05, 4.69) is 11.5 Å². The van der Waals surface area contributed by atoms with Crippen molar-refractivity contribution in [3.8, 4) is 0 Å². The Hall–Kier alpha value is -1.31. The number of carbonyl (C=O) groups is 2. The summed E-state index contributed by atoms with van der Waals surface area (Å²) in [6.07, 6.45) is 2.69. The first-order valence-electron chi connectivity index (χ1n) is 7.91. The van der Waals surface area contributed by atoms with Crippen molar-refractivity contribution in [1.29, 1.82) is 0 Å². The second kappa shape index (κ2) is 6.30. The molecule has 0 radical (unpaired) electrons. The van der Waals surface area contributed by atoms with E-state index in [1.54, 1.807) is 18.7 Å². The standard InChI is InChI=1S/C16H22N2O4S/c1-3-5-17-6-4-10(8-17)23-12-7-11-13(9(2)19)15(20)18(11)14(12)16(21)22/h3,9-11,13,19H,1,4-8H2,2H3,(H,21,22)/t9?,10?,11-,13+/m1/s1. The van der Waals surface area contributed by atoms with Crippen LogP contribution in [0.4, 0.5) is 0 Å². The van der Waals surface area contributed by atoms with E-state index in [1.807, 2.05) is 6.08 Å². The molecule has 23 heavy (non-hydrogen) atoms. The van der Waals surface area contributed by atoms with Gasteiger partial charge < -0.3 is 15.1 Å². The van der Waals surface area contributed by atoms with Gasteiger partial charge in [0.2, 0.25) is 5.91 Å². The Kier molecular flexibility index (Phi) is 4.53. The van der Waals surface area contributed by atoms with Crippen molar-refractivity contribution in [1.82, 2.24) is 9.80 Å². The zero-order chi connectivity index (χ0) is 16.7. The maximum Gasteiger partial charge on any atom is 0.353 e. The second-order valence-corrected chi connectivity index (χ2v) is 7.79. The third-order valence-corrected chi connectivity index (χ3v) is 6.18. The summed E-state index contributed by atoms with van der Waals surface area (Å²) in [6.45, 7) is 8.08. The quantitative estimate of drug-likeness (QED) is 0.553. The number of carboxylic acid groups (broad SMARTS) is 1. The maximum atomic E-state index is 12.2. The van der Waals surface area contributed by atoms with Crippen LogP contribution in [0, 0.1) is 5.92 Å². The molecule has 0 aromatic carbocycles. The minimum atomic E-state index is -1.05. The van der Waals surface area contributed by atoms with Gasteiger partial charge in [-0.1, -0.05) is 6.08 Å². The molecule has 2 N–H and O–H groups in total. The van der Waals surface area contributed by atoms with E-state index < -0.39 is 18.0 Å². The molecule has 2 saturated heterocycles.